The monoisotopic (exact) mass is 606 g/mol. The first-order valence-electron chi connectivity index (χ1n) is 16.8. The zero-order chi connectivity index (χ0) is 30.6. The van der Waals surface area contributed by atoms with E-state index in [2.05, 4.69) is 130 Å². The lowest BCUT2D eigenvalue weighted by molar-refractivity contribution is 0.647. The van der Waals surface area contributed by atoms with Gasteiger partial charge < -0.3 is 17.6 Å². The second kappa shape index (κ2) is 7.37. The molecule has 0 fully saturated rings. The van der Waals surface area contributed by atoms with Crippen molar-refractivity contribution in [3.8, 4) is 11.1 Å². The Bertz CT molecular complexity index is 3130. The van der Waals surface area contributed by atoms with Gasteiger partial charge in [0, 0.05) is 27.0 Å². The first-order valence-corrected chi connectivity index (χ1v) is 16.8. The largest absolute Gasteiger partial charge is 0.453 e. The number of aromatic nitrogens is 2. The molecule has 11 aromatic rings. The normalized spacial score (nSPS) is 13.8. The van der Waals surface area contributed by atoms with Crippen molar-refractivity contribution in [1.29, 1.82) is 0 Å². The minimum atomic E-state index is -0.124. The standard InChI is InChI=1S/C42H20B2N2O2/c1-3-9-21(10-4-1)43(22-11-5-2-6-12-22)34-41-39-33-40-42(34)48-30-16-8-14-26-28-20-18-24-23-17-19-27-25-13-7-15-29(47-41)35(25)45(39)37(27)31(23)44(33)32(24)38(28)46(40)36(26)30/h1-20H. The molecular formula is C42H20B2N2O2. The van der Waals surface area contributed by atoms with E-state index in [0.717, 1.165) is 38.8 Å². The molecule has 6 heteroatoms. The van der Waals surface area contributed by atoms with E-state index < -0.39 is 0 Å². The molecule has 0 saturated heterocycles. The van der Waals surface area contributed by atoms with Crippen molar-refractivity contribution < 1.29 is 8.83 Å². The van der Waals surface area contributed by atoms with Crippen molar-refractivity contribution in [1.82, 2.24) is 8.80 Å². The maximum atomic E-state index is 7.30. The van der Waals surface area contributed by atoms with Crippen molar-refractivity contribution in [2.24, 2.45) is 0 Å². The molecule has 216 valence electrons. The van der Waals surface area contributed by atoms with Crippen molar-refractivity contribution in [3.63, 3.8) is 0 Å². The summed E-state index contributed by atoms with van der Waals surface area (Å²) >= 11 is 0. The molecule has 48 heavy (non-hydrogen) atoms. The van der Waals surface area contributed by atoms with Gasteiger partial charge in [0.15, 0.2) is 11.2 Å². The Hall–Kier alpha value is -6.13. The summed E-state index contributed by atoms with van der Waals surface area (Å²) in [7, 11) is 0. The van der Waals surface area contributed by atoms with E-state index in [1.54, 1.807) is 0 Å². The highest BCUT2D eigenvalue weighted by molar-refractivity contribution is 7.06. The van der Waals surface area contributed by atoms with Gasteiger partial charge in [0.2, 0.25) is 0 Å². The second-order valence-electron chi connectivity index (χ2n) is 13.9. The Morgan fingerprint density at radius 3 is 1.40 bits per heavy atom. The molecule has 0 amide bonds. The Morgan fingerprint density at radius 2 is 0.896 bits per heavy atom. The first-order chi connectivity index (χ1) is 23.9. The molecule has 4 aromatic heterocycles. The number of fused-ring (bicyclic) bond motifs is 3. The average molecular weight is 606 g/mol. The lowest BCUT2D eigenvalue weighted by Crippen LogP contribution is -2.57. The SMILES string of the molecule is c1ccc(B(c2ccccc2)c2c3oc4cccc5c6ccc7c8c6n(c3c3c6c2oc2cccc9c%10ccc-7c(c%10n6c29)B38)c45)cc1. The lowest BCUT2D eigenvalue weighted by atomic mass is 9.34. The van der Waals surface area contributed by atoms with Gasteiger partial charge in [0.25, 0.3) is 13.4 Å². The predicted molar refractivity (Wildman–Crippen MR) is 199 cm³/mol. The number of para-hydroxylation sites is 2. The molecule has 0 bridgehead atoms. The molecule has 0 spiro atoms. The molecule has 4 nitrogen and oxygen atoms in total. The molecule has 0 unspecified atom stereocenters. The molecule has 7 heterocycles. The van der Waals surface area contributed by atoms with Crippen molar-refractivity contribution in [2.45, 2.75) is 0 Å². The third kappa shape index (κ3) is 2.24. The highest BCUT2D eigenvalue weighted by Gasteiger charge is 2.48. The van der Waals surface area contributed by atoms with Gasteiger partial charge in [0.1, 0.15) is 11.2 Å². The molecule has 0 atom stereocenters. The molecule has 0 saturated carbocycles. The highest BCUT2D eigenvalue weighted by Crippen LogP contribution is 2.45. The van der Waals surface area contributed by atoms with Crippen LogP contribution in [0.4, 0.5) is 0 Å². The fraction of sp³-hybridized carbons (Fsp3) is 0. The maximum Gasteiger partial charge on any atom is 0.254 e. The Labute approximate surface area is 272 Å². The van der Waals surface area contributed by atoms with Gasteiger partial charge in [-0.1, -0.05) is 120 Å². The van der Waals surface area contributed by atoms with E-state index in [-0.39, 0.29) is 13.4 Å². The number of hydrogen-bond donors (Lipinski definition) is 0. The van der Waals surface area contributed by atoms with Crippen LogP contribution in [0.5, 0.6) is 0 Å². The fourth-order valence-electron chi connectivity index (χ4n) is 10.3. The third-order valence-corrected chi connectivity index (χ3v) is 11.9. The summed E-state index contributed by atoms with van der Waals surface area (Å²) in [6.07, 6.45) is 0. The van der Waals surface area contributed by atoms with E-state index in [9.17, 15) is 0 Å². The summed E-state index contributed by atoms with van der Waals surface area (Å²) in [5.74, 6) is 0. The van der Waals surface area contributed by atoms with Gasteiger partial charge in [-0.25, -0.2) is 0 Å². The molecule has 0 radical (unpaired) electrons. The summed E-state index contributed by atoms with van der Waals surface area (Å²) in [5.41, 5.74) is 21.3. The van der Waals surface area contributed by atoms with Crippen LogP contribution < -0.4 is 32.8 Å². The van der Waals surface area contributed by atoms with Crippen LogP contribution in [0.2, 0.25) is 0 Å². The summed E-state index contributed by atoms with van der Waals surface area (Å²) in [5, 5.41) is 5.08. The van der Waals surface area contributed by atoms with Crippen molar-refractivity contribution in [2.75, 3.05) is 0 Å². The van der Waals surface area contributed by atoms with Crippen LogP contribution in [0.1, 0.15) is 0 Å². The number of hydrogen-bond acceptors (Lipinski definition) is 2. The van der Waals surface area contributed by atoms with E-state index in [0.29, 0.717) is 0 Å². The summed E-state index contributed by atoms with van der Waals surface area (Å²) in [6, 6.07) is 44.3. The van der Waals surface area contributed by atoms with Crippen molar-refractivity contribution in [3.05, 3.63) is 121 Å². The maximum absolute atomic E-state index is 7.30. The zero-order valence-corrected chi connectivity index (χ0v) is 25.4. The molecule has 0 N–H and O–H groups in total. The van der Waals surface area contributed by atoms with Gasteiger partial charge in [-0.2, -0.15) is 0 Å². The molecule has 3 aliphatic heterocycles. The number of rotatable bonds is 3. The molecule has 3 aliphatic rings. The number of nitrogens with zero attached hydrogens (tertiary/aromatic N) is 2. The quantitative estimate of drug-likeness (QED) is 0.185. The van der Waals surface area contributed by atoms with Crippen molar-refractivity contribution >= 4 is 123 Å². The minimum absolute atomic E-state index is 0.106. The highest BCUT2D eigenvalue weighted by atomic mass is 16.3. The Balaban J connectivity index is 1.38. The number of benzene rings is 7. The summed E-state index contributed by atoms with van der Waals surface area (Å²) in [6.45, 7) is -0.0172. The van der Waals surface area contributed by atoms with Crippen LogP contribution in [0.3, 0.4) is 0 Å². The molecule has 14 rings (SSSR count). The van der Waals surface area contributed by atoms with Crippen LogP contribution >= 0.6 is 0 Å². The zero-order valence-electron chi connectivity index (χ0n) is 25.4. The lowest BCUT2D eigenvalue weighted by Gasteiger charge is -2.29. The van der Waals surface area contributed by atoms with Crippen LogP contribution in [0, 0.1) is 0 Å². The minimum Gasteiger partial charge on any atom is -0.453 e. The van der Waals surface area contributed by atoms with E-state index in [1.807, 2.05) is 0 Å². The molecule has 7 aromatic carbocycles. The smallest absolute Gasteiger partial charge is 0.254 e. The Kier molecular flexibility index (Phi) is 3.57. The summed E-state index contributed by atoms with van der Waals surface area (Å²) in [4.78, 5) is 0. The summed E-state index contributed by atoms with van der Waals surface area (Å²) < 4.78 is 19.7. The van der Waals surface area contributed by atoms with Crippen LogP contribution in [-0.2, 0) is 0 Å². The predicted octanol–water partition coefficient (Wildman–Crippen LogP) is 5.94. The van der Waals surface area contributed by atoms with Gasteiger partial charge in [-0.3, -0.25) is 0 Å². The second-order valence-corrected chi connectivity index (χ2v) is 13.9. The van der Waals surface area contributed by atoms with Crippen LogP contribution in [-0.4, -0.2) is 22.2 Å². The Morgan fingerprint density at radius 1 is 0.417 bits per heavy atom. The van der Waals surface area contributed by atoms with Gasteiger partial charge in [-0.05, 0) is 39.6 Å². The third-order valence-electron chi connectivity index (χ3n) is 11.9. The van der Waals surface area contributed by atoms with Crippen LogP contribution in [0.25, 0.3) is 88.1 Å². The van der Waals surface area contributed by atoms with Crippen LogP contribution in [0.15, 0.2) is 130 Å². The van der Waals surface area contributed by atoms with E-state index in [1.165, 1.54) is 82.1 Å². The molecule has 0 aliphatic carbocycles. The van der Waals surface area contributed by atoms with Gasteiger partial charge in [0.05, 0.1) is 33.1 Å². The van der Waals surface area contributed by atoms with E-state index >= 15 is 0 Å². The first kappa shape index (κ1) is 23.2. The van der Waals surface area contributed by atoms with E-state index in [4.69, 9.17) is 8.83 Å². The molecular weight excluding hydrogens is 586 g/mol. The van der Waals surface area contributed by atoms with Gasteiger partial charge >= 0.3 is 0 Å². The van der Waals surface area contributed by atoms with Gasteiger partial charge in [-0.15, -0.1) is 0 Å². The fourth-order valence-corrected chi connectivity index (χ4v) is 10.3. The topological polar surface area (TPSA) is 35.1 Å². The average Bonchev–Trinajstić information content (AvgIpc) is 3.78.